The van der Waals surface area contributed by atoms with Gasteiger partial charge in [0.25, 0.3) is 0 Å². The number of amides is 1. The van der Waals surface area contributed by atoms with E-state index < -0.39 is 35.7 Å². The third-order valence-electron chi connectivity index (χ3n) is 3.74. The van der Waals surface area contributed by atoms with Gasteiger partial charge in [-0.05, 0) is 25.2 Å². The first-order valence-corrected chi connectivity index (χ1v) is 7.09. The van der Waals surface area contributed by atoms with Crippen molar-refractivity contribution in [3.63, 3.8) is 0 Å². The number of carbonyl (C=O) groups is 3. The Labute approximate surface area is 118 Å². The first-order chi connectivity index (χ1) is 9.32. The maximum Gasteiger partial charge on any atom is 0.326 e. The lowest BCUT2D eigenvalue weighted by Crippen LogP contribution is -2.47. The Morgan fingerprint density at radius 2 is 1.65 bits per heavy atom. The van der Waals surface area contributed by atoms with Crippen molar-refractivity contribution in [1.29, 1.82) is 0 Å². The molecule has 0 radical (unpaired) electrons. The van der Waals surface area contributed by atoms with E-state index in [1.54, 1.807) is 0 Å². The highest BCUT2D eigenvalue weighted by Crippen LogP contribution is 2.30. The molecule has 6 heteroatoms. The number of nitrogens with one attached hydrogen (secondary N) is 1. The Bertz CT molecular complexity index is 380. The Kier molecular flexibility index (Phi) is 5.98. The molecule has 1 aliphatic carbocycles. The summed E-state index contributed by atoms with van der Waals surface area (Å²) in [6.45, 7) is 3.76. The average Bonchev–Trinajstić information content (AvgIpc) is 2.37. The fourth-order valence-corrected chi connectivity index (χ4v) is 2.71. The number of aliphatic carboxylic acids is 2. The van der Waals surface area contributed by atoms with Gasteiger partial charge in [-0.3, -0.25) is 9.59 Å². The van der Waals surface area contributed by atoms with Crippen LogP contribution in [0.1, 0.15) is 46.0 Å². The Hall–Kier alpha value is -1.59. The van der Waals surface area contributed by atoms with Gasteiger partial charge in [-0.25, -0.2) is 4.79 Å². The van der Waals surface area contributed by atoms with Crippen LogP contribution < -0.4 is 5.32 Å². The van der Waals surface area contributed by atoms with E-state index in [1.165, 1.54) is 0 Å². The summed E-state index contributed by atoms with van der Waals surface area (Å²) >= 11 is 0. The minimum atomic E-state index is -1.07. The van der Waals surface area contributed by atoms with Crippen LogP contribution >= 0.6 is 0 Å². The fourth-order valence-electron chi connectivity index (χ4n) is 2.71. The number of hydrogen-bond acceptors (Lipinski definition) is 3. The van der Waals surface area contributed by atoms with Crippen LogP contribution in [0.2, 0.25) is 0 Å². The quantitative estimate of drug-likeness (QED) is 0.686. The topological polar surface area (TPSA) is 104 Å². The second-order valence-electron chi connectivity index (χ2n) is 5.86. The largest absolute Gasteiger partial charge is 0.481 e. The number of carbonyl (C=O) groups excluding carboxylic acids is 1. The first-order valence-electron chi connectivity index (χ1n) is 7.09. The van der Waals surface area contributed by atoms with E-state index in [1.807, 2.05) is 13.8 Å². The summed E-state index contributed by atoms with van der Waals surface area (Å²) in [4.78, 5) is 34.5. The molecular weight excluding hydrogens is 262 g/mol. The number of hydrogen-bond donors (Lipinski definition) is 3. The lowest BCUT2D eigenvalue weighted by Gasteiger charge is -2.28. The zero-order chi connectivity index (χ0) is 15.3. The van der Waals surface area contributed by atoms with E-state index in [9.17, 15) is 14.4 Å². The van der Waals surface area contributed by atoms with Crippen LogP contribution in [-0.4, -0.2) is 34.1 Å². The SMILES string of the molecule is CC(C)C[C@H](NC(=O)[C@H]1CCCC[C@@H]1C(=O)O)C(=O)O. The number of carboxylic acids is 2. The lowest BCUT2D eigenvalue weighted by molar-refractivity contribution is -0.150. The summed E-state index contributed by atoms with van der Waals surface area (Å²) in [5, 5.41) is 20.8. The van der Waals surface area contributed by atoms with Crippen molar-refractivity contribution in [1.82, 2.24) is 5.32 Å². The second-order valence-corrected chi connectivity index (χ2v) is 5.86. The first kappa shape index (κ1) is 16.5. The molecule has 3 N–H and O–H groups in total. The van der Waals surface area contributed by atoms with E-state index in [4.69, 9.17) is 10.2 Å². The van der Waals surface area contributed by atoms with Crippen LogP contribution in [-0.2, 0) is 14.4 Å². The van der Waals surface area contributed by atoms with Crippen LogP contribution in [0.4, 0.5) is 0 Å². The molecule has 3 atom stereocenters. The van der Waals surface area contributed by atoms with Crippen molar-refractivity contribution < 1.29 is 24.6 Å². The molecule has 114 valence electrons. The molecule has 0 heterocycles. The molecule has 0 unspecified atom stereocenters. The summed E-state index contributed by atoms with van der Waals surface area (Å²) in [5.74, 6) is -3.66. The van der Waals surface area contributed by atoms with E-state index in [0.29, 0.717) is 19.3 Å². The van der Waals surface area contributed by atoms with Crippen LogP contribution in [0.25, 0.3) is 0 Å². The van der Waals surface area contributed by atoms with E-state index >= 15 is 0 Å². The zero-order valence-corrected chi connectivity index (χ0v) is 12.0. The van der Waals surface area contributed by atoms with Crippen LogP contribution in [0.3, 0.4) is 0 Å². The summed E-state index contributed by atoms with van der Waals surface area (Å²) in [7, 11) is 0. The third-order valence-corrected chi connectivity index (χ3v) is 3.74. The van der Waals surface area contributed by atoms with Gasteiger partial charge in [0, 0.05) is 0 Å². The monoisotopic (exact) mass is 285 g/mol. The minimum Gasteiger partial charge on any atom is -0.481 e. The summed E-state index contributed by atoms with van der Waals surface area (Å²) < 4.78 is 0. The van der Waals surface area contributed by atoms with Crippen molar-refractivity contribution in [2.75, 3.05) is 0 Å². The second kappa shape index (κ2) is 7.26. The van der Waals surface area contributed by atoms with Gasteiger partial charge in [-0.1, -0.05) is 26.7 Å². The molecule has 0 saturated heterocycles. The molecule has 6 nitrogen and oxygen atoms in total. The Morgan fingerprint density at radius 1 is 1.10 bits per heavy atom. The molecule has 0 bridgehead atoms. The maximum absolute atomic E-state index is 12.2. The maximum atomic E-state index is 12.2. The lowest BCUT2D eigenvalue weighted by atomic mass is 9.78. The molecule has 0 aromatic carbocycles. The van der Waals surface area contributed by atoms with Gasteiger partial charge < -0.3 is 15.5 Å². The van der Waals surface area contributed by atoms with Gasteiger partial charge in [0.05, 0.1) is 11.8 Å². The molecule has 0 aliphatic heterocycles. The number of carboxylic acid groups (broad SMARTS) is 2. The summed E-state index contributed by atoms with van der Waals surface area (Å²) in [5.41, 5.74) is 0. The molecule has 1 rings (SSSR count). The standard InChI is InChI=1S/C14H23NO5/c1-8(2)7-11(14(19)20)15-12(16)9-5-3-4-6-10(9)13(17)18/h8-11H,3-7H2,1-2H3,(H,15,16)(H,17,18)(H,19,20)/t9-,10-,11-/m0/s1. The Morgan fingerprint density at radius 3 is 2.10 bits per heavy atom. The summed E-state index contributed by atoms with van der Waals surface area (Å²) in [6.07, 6.45) is 2.94. The van der Waals surface area contributed by atoms with Crippen LogP contribution in [0.15, 0.2) is 0 Å². The molecule has 1 saturated carbocycles. The molecule has 1 fully saturated rings. The van der Waals surface area contributed by atoms with Gasteiger partial charge in [0.2, 0.25) is 5.91 Å². The van der Waals surface area contributed by atoms with Crippen molar-refractivity contribution in [2.45, 2.75) is 52.0 Å². The predicted octanol–water partition coefficient (Wildman–Crippen LogP) is 1.49. The molecule has 0 spiro atoms. The van der Waals surface area contributed by atoms with Gasteiger partial charge in [-0.2, -0.15) is 0 Å². The molecule has 1 aliphatic rings. The van der Waals surface area contributed by atoms with Crippen LogP contribution in [0.5, 0.6) is 0 Å². The molecule has 20 heavy (non-hydrogen) atoms. The van der Waals surface area contributed by atoms with Crippen LogP contribution in [0, 0.1) is 17.8 Å². The van der Waals surface area contributed by atoms with E-state index in [-0.39, 0.29) is 5.92 Å². The summed E-state index contributed by atoms with van der Waals surface area (Å²) in [6, 6.07) is -0.945. The Balaban J connectivity index is 2.71. The van der Waals surface area contributed by atoms with Gasteiger partial charge in [0.15, 0.2) is 0 Å². The number of rotatable bonds is 6. The predicted molar refractivity (Wildman–Crippen MR) is 72.1 cm³/mol. The van der Waals surface area contributed by atoms with Gasteiger partial charge >= 0.3 is 11.9 Å². The van der Waals surface area contributed by atoms with Crippen molar-refractivity contribution in [3.8, 4) is 0 Å². The highest BCUT2D eigenvalue weighted by molar-refractivity contribution is 5.88. The normalized spacial score (nSPS) is 24.1. The van der Waals surface area contributed by atoms with Gasteiger partial charge in [0.1, 0.15) is 6.04 Å². The smallest absolute Gasteiger partial charge is 0.326 e. The van der Waals surface area contributed by atoms with Crippen molar-refractivity contribution >= 4 is 17.8 Å². The average molecular weight is 285 g/mol. The van der Waals surface area contributed by atoms with Crippen molar-refractivity contribution in [3.05, 3.63) is 0 Å². The van der Waals surface area contributed by atoms with E-state index in [0.717, 1.165) is 12.8 Å². The fraction of sp³-hybridized carbons (Fsp3) is 0.786. The van der Waals surface area contributed by atoms with E-state index in [2.05, 4.69) is 5.32 Å². The third kappa shape index (κ3) is 4.51. The minimum absolute atomic E-state index is 0.137. The molecule has 0 aromatic rings. The molecular formula is C14H23NO5. The highest BCUT2D eigenvalue weighted by atomic mass is 16.4. The van der Waals surface area contributed by atoms with Crippen molar-refractivity contribution in [2.24, 2.45) is 17.8 Å². The molecule has 1 amide bonds. The van der Waals surface area contributed by atoms with Gasteiger partial charge in [-0.15, -0.1) is 0 Å². The zero-order valence-electron chi connectivity index (χ0n) is 12.0. The highest BCUT2D eigenvalue weighted by Gasteiger charge is 2.37. The molecule has 0 aromatic heterocycles.